The number of alkyl halides is 1. The first-order valence-corrected chi connectivity index (χ1v) is 7.32. The minimum atomic E-state index is -0.480. The van der Waals surface area contributed by atoms with Crippen LogP contribution in [0.5, 0.6) is 11.5 Å². The van der Waals surface area contributed by atoms with Crippen LogP contribution < -0.4 is 9.47 Å². The molecule has 1 amide bonds. The number of ether oxygens (including phenoxy) is 2. The molecule has 2 aliphatic rings. The Labute approximate surface area is 123 Å². The maximum absolute atomic E-state index is 12.6. The summed E-state index contributed by atoms with van der Waals surface area (Å²) < 4.78 is 23.3. The number of amides is 1. The molecular formula is C16H20FNO3. The van der Waals surface area contributed by atoms with Crippen LogP contribution in [-0.4, -0.2) is 37.4 Å². The molecule has 1 aromatic carbocycles. The summed E-state index contributed by atoms with van der Waals surface area (Å²) in [5.41, 5.74) is 1.15. The van der Waals surface area contributed by atoms with E-state index in [-0.39, 0.29) is 24.7 Å². The van der Waals surface area contributed by atoms with E-state index in [1.165, 1.54) is 0 Å². The van der Waals surface area contributed by atoms with Gasteiger partial charge in [0.2, 0.25) is 12.7 Å². The average Bonchev–Trinajstić information content (AvgIpc) is 2.91. The van der Waals surface area contributed by atoms with Crippen LogP contribution in [0.25, 0.3) is 0 Å². The highest BCUT2D eigenvalue weighted by atomic mass is 19.1. The third kappa shape index (κ3) is 2.96. The SMILES string of the molecule is C[C@]1(Cc2ccc3c(c2)OCO3)CCC(=O)N(CCF)C1. The Kier molecular flexibility index (Phi) is 3.74. The molecule has 0 spiro atoms. The van der Waals surface area contributed by atoms with E-state index in [0.29, 0.717) is 13.0 Å². The summed E-state index contributed by atoms with van der Waals surface area (Å²) in [5, 5.41) is 0. The van der Waals surface area contributed by atoms with Gasteiger partial charge in [-0.3, -0.25) is 4.79 Å². The van der Waals surface area contributed by atoms with Gasteiger partial charge < -0.3 is 14.4 Å². The fraction of sp³-hybridized carbons (Fsp3) is 0.562. The molecule has 2 heterocycles. The Balaban J connectivity index is 1.72. The first-order valence-electron chi connectivity index (χ1n) is 7.32. The number of carbonyl (C=O) groups excluding carboxylic acids is 1. The predicted octanol–water partition coefficient (Wildman–Crippen LogP) is 2.56. The van der Waals surface area contributed by atoms with Gasteiger partial charge in [0.05, 0.1) is 0 Å². The molecule has 1 aromatic rings. The van der Waals surface area contributed by atoms with Crippen molar-refractivity contribution in [1.82, 2.24) is 4.90 Å². The van der Waals surface area contributed by atoms with Gasteiger partial charge in [0.1, 0.15) is 6.67 Å². The van der Waals surface area contributed by atoms with E-state index < -0.39 is 6.67 Å². The lowest BCUT2D eigenvalue weighted by atomic mass is 9.76. The molecule has 0 aromatic heterocycles. The van der Waals surface area contributed by atoms with Gasteiger partial charge in [0.15, 0.2) is 11.5 Å². The molecule has 1 fully saturated rings. The fourth-order valence-corrected chi connectivity index (χ4v) is 3.19. The largest absolute Gasteiger partial charge is 0.454 e. The molecule has 0 saturated carbocycles. The Hall–Kier alpha value is -1.78. The van der Waals surface area contributed by atoms with Crippen molar-refractivity contribution >= 4 is 5.91 Å². The van der Waals surface area contributed by atoms with Gasteiger partial charge in [-0.05, 0) is 36.0 Å². The molecule has 0 N–H and O–H groups in total. The molecule has 114 valence electrons. The van der Waals surface area contributed by atoms with Crippen LogP contribution >= 0.6 is 0 Å². The summed E-state index contributed by atoms with van der Waals surface area (Å²) in [5.74, 6) is 1.63. The zero-order chi connectivity index (χ0) is 14.9. The Bertz CT molecular complexity index is 548. The van der Waals surface area contributed by atoms with Gasteiger partial charge in [-0.25, -0.2) is 4.39 Å². The van der Waals surface area contributed by atoms with Crippen molar-refractivity contribution in [1.29, 1.82) is 0 Å². The van der Waals surface area contributed by atoms with E-state index in [1.807, 2.05) is 18.2 Å². The summed E-state index contributed by atoms with van der Waals surface area (Å²) in [6, 6.07) is 5.96. The Morgan fingerprint density at radius 2 is 2.14 bits per heavy atom. The second kappa shape index (κ2) is 5.54. The van der Waals surface area contributed by atoms with Crippen molar-refractivity contribution in [3.63, 3.8) is 0 Å². The summed E-state index contributed by atoms with van der Waals surface area (Å²) in [4.78, 5) is 13.4. The third-order valence-electron chi connectivity index (χ3n) is 4.29. The minimum absolute atomic E-state index is 0.0171. The average molecular weight is 293 g/mol. The van der Waals surface area contributed by atoms with Gasteiger partial charge in [-0.1, -0.05) is 13.0 Å². The molecule has 0 unspecified atom stereocenters. The highest BCUT2D eigenvalue weighted by Crippen LogP contribution is 2.37. The number of piperidine rings is 1. The lowest BCUT2D eigenvalue weighted by molar-refractivity contribution is -0.137. The smallest absolute Gasteiger partial charge is 0.231 e. The van der Waals surface area contributed by atoms with Crippen LogP contribution in [0.4, 0.5) is 4.39 Å². The van der Waals surface area contributed by atoms with Crippen molar-refractivity contribution in [2.75, 3.05) is 26.6 Å². The van der Waals surface area contributed by atoms with Crippen molar-refractivity contribution in [3.05, 3.63) is 23.8 Å². The highest BCUT2D eigenvalue weighted by molar-refractivity contribution is 5.77. The van der Waals surface area contributed by atoms with Crippen LogP contribution in [0, 0.1) is 5.41 Å². The van der Waals surface area contributed by atoms with Crippen LogP contribution in [0.2, 0.25) is 0 Å². The molecule has 3 rings (SSSR count). The van der Waals surface area contributed by atoms with Crippen LogP contribution in [0.3, 0.4) is 0 Å². The third-order valence-corrected chi connectivity index (χ3v) is 4.29. The second-order valence-corrected chi connectivity index (χ2v) is 6.18. The van der Waals surface area contributed by atoms with Crippen LogP contribution in [0.1, 0.15) is 25.3 Å². The molecule has 0 radical (unpaired) electrons. The van der Waals surface area contributed by atoms with E-state index in [4.69, 9.17) is 9.47 Å². The standard InChI is InChI=1S/C16H20FNO3/c1-16(5-4-15(19)18(10-16)7-6-17)9-12-2-3-13-14(8-12)21-11-20-13/h2-3,8H,4-7,9-11H2,1H3/t16-/m1/s1. The lowest BCUT2D eigenvalue weighted by Crippen LogP contribution is -2.46. The summed E-state index contributed by atoms with van der Waals surface area (Å²) >= 11 is 0. The van der Waals surface area contributed by atoms with E-state index in [1.54, 1.807) is 4.90 Å². The molecule has 0 bridgehead atoms. The summed E-state index contributed by atoms with van der Waals surface area (Å²) in [7, 11) is 0. The molecule has 0 aliphatic carbocycles. The number of hydrogen-bond acceptors (Lipinski definition) is 3. The van der Waals surface area contributed by atoms with Gasteiger partial charge in [0, 0.05) is 19.5 Å². The molecule has 1 atom stereocenters. The van der Waals surface area contributed by atoms with E-state index >= 15 is 0 Å². The number of likely N-dealkylation sites (tertiary alicyclic amines) is 1. The number of hydrogen-bond donors (Lipinski definition) is 0. The van der Waals surface area contributed by atoms with E-state index in [9.17, 15) is 9.18 Å². The van der Waals surface area contributed by atoms with Crippen molar-refractivity contribution in [2.24, 2.45) is 5.41 Å². The molecule has 1 saturated heterocycles. The second-order valence-electron chi connectivity index (χ2n) is 6.18. The van der Waals surface area contributed by atoms with Crippen molar-refractivity contribution in [3.8, 4) is 11.5 Å². The Morgan fingerprint density at radius 3 is 2.95 bits per heavy atom. The lowest BCUT2D eigenvalue weighted by Gasteiger charge is -2.40. The fourth-order valence-electron chi connectivity index (χ4n) is 3.19. The normalized spacial score (nSPS) is 24.5. The number of fused-ring (bicyclic) bond motifs is 1. The highest BCUT2D eigenvalue weighted by Gasteiger charge is 2.35. The van der Waals surface area contributed by atoms with Gasteiger partial charge in [-0.15, -0.1) is 0 Å². The summed E-state index contributed by atoms with van der Waals surface area (Å²) in [6.07, 6.45) is 2.18. The van der Waals surface area contributed by atoms with Crippen LogP contribution in [0.15, 0.2) is 18.2 Å². The van der Waals surface area contributed by atoms with E-state index in [0.717, 1.165) is 29.9 Å². The molecule has 4 nitrogen and oxygen atoms in total. The van der Waals surface area contributed by atoms with Gasteiger partial charge >= 0.3 is 0 Å². The number of carbonyl (C=O) groups is 1. The Morgan fingerprint density at radius 1 is 1.33 bits per heavy atom. The zero-order valence-corrected chi connectivity index (χ0v) is 12.2. The maximum Gasteiger partial charge on any atom is 0.231 e. The van der Waals surface area contributed by atoms with Gasteiger partial charge in [-0.2, -0.15) is 0 Å². The molecule has 5 heteroatoms. The predicted molar refractivity (Wildman–Crippen MR) is 76.2 cm³/mol. The summed E-state index contributed by atoms with van der Waals surface area (Å²) in [6.45, 7) is 2.77. The first kappa shape index (κ1) is 14.2. The van der Waals surface area contributed by atoms with E-state index in [2.05, 4.69) is 6.92 Å². The number of benzene rings is 1. The molecular weight excluding hydrogens is 273 g/mol. The van der Waals surface area contributed by atoms with Crippen molar-refractivity contribution in [2.45, 2.75) is 26.2 Å². The topological polar surface area (TPSA) is 38.8 Å². The minimum Gasteiger partial charge on any atom is -0.454 e. The first-order chi connectivity index (χ1) is 10.1. The quantitative estimate of drug-likeness (QED) is 0.856. The number of rotatable bonds is 4. The zero-order valence-electron chi connectivity index (χ0n) is 12.2. The van der Waals surface area contributed by atoms with Gasteiger partial charge in [0.25, 0.3) is 0 Å². The number of nitrogens with zero attached hydrogens (tertiary/aromatic N) is 1. The monoisotopic (exact) mass is 293 g/mol. The maximum atomic E-state index is 12.6. The molecule has 2 aliphatic heterocycles. The molecule has 21 heavy (non-hydrogen) atoms. The van der Waals surface area contributed by atoms with Crippen molar-refractivity contribution < 1.29 is 18.7 Å². The van der Waals surface area contributed by atoms with Crippen LogP contribution in [-0.2, 0) is 11.2 Å². The number of halogens is 1.